The lowest BCUT2D eigenvalue weighted by atomic mass is 10.2. The van der Waals surface area contributed by atoms with E-state index in [-0.39, 0.29) is 0 Å². The van der Waals surface area contributed by atoms with Crippen molar-refractivity contribution < 1.29 is 4.79 Å². The number of aryl methyl sites for hydroxylation is 1. The van der Waals surface area contributed by atoms with E-state index in [1.807, 2.05) is 19.2 Å². The smallest absolute Gasteiger partial charge is 0.316 e. The molecule has 0 saturated heterocycles. The third kappa shape index (κ3) is 2.80. The molecule has 8 nitrogen and oxygen atoms in total. The quantitative estimate of drug-likeness (QED) is 0.675. The van der Waals surface area contributed by atoms with Crippen molar-refractivity contribution in [2.75, 3.05) is 10.6 Å². The summed E-state index contributed by atoms with van der Waals surface area (Å²) in [6, 6.07) is 6.81. The zero-order chi connectivity index (χ0) is 15.5. The minimum atomic E-state index is -0.578. The van der Waals surface area contributed by atoms with Crippen LogP contribution in [0.1, 0.15) is 5.56 Å². The molecule has 0 aliphatic rings. The summed E-state index contributed by atoms with van der Waals surface area (Å²) in [4.78, 5) is 19.2. The van der Waals surface area contributed by atoms with Crippen LogP contribution in [0.25, 0.3) is 11.0 Å². The minimum absolute atomic E-state index is 0.578. The van der Waals surface area contributed by atoms with Gasteiger partial charge in [-0.2, -0.15) is 5.10 Å². The Morgan fingerprint density at radius 1 is 1.27 bits per heavy atom. The number of fused-ring (bicyclic) bond motifs is 1. The Morgan fingerprint density at radius 3 is 2.77 bits per heavy atom. The highest BCUT2D eigenvalue weighted by Gasteiger charge is 2.07. The van der Waals surface area contributed by atoms with Gasteiger partial charge >= 0.3 is 6.03 Å². The molecule has 8 heteroatoms. The Labute approximate surface area is 126 Å². The van der Waals surface area contributed by atoms with Gasteiger partial charge in [0.2, 0.25) is 0 Å². The second-order valence-electron chi connectivity index (χ2n) is 4.77. The molecule has 0 atom stereocenters. The summed E-state index contributed by atoms with van der Waals surface area (Å²) in [7, 11) is 1.84. The second-order valence-corrected chi connectivity index (χ2v) is 4.77. The molecule has 2 amide bonds. The SMILES string of the molecule is Cn1ncc2c(NCc3ccc(NC(N)=O)cc3)ncnc21. The number of nitrogens with one attached hydrogen (secondary N) is 2. The molecule has 2 heterocycles. The maximum atomic E-state index is 10.8. The summed E-state index contributed by atoms with van der Waals surface area (Å²) in [6.45, 7) is 0.595. The van der Waals surface area contributed by atoms with Crippen molar-refractivity contribution in [1.29, 1.82) is 0 Å². The lowest BCUT2D eigenvalue weighted by molar-refractivity contribution is 0.259. The fourth-order valence-electron chi connectivity index (χ4n) is 2.14. The van der Waals surface area contributed by atoms with Crippen LogP contribution in [0.3, 0.4) is 0 Å². The largest absolute Gasteiger partial charge is 0.365 e. The molecule has 4 N–H and O–H groups in total. The average Bonchev–Trinajstić information content (AvgIpc) is 2.88. The third-order valence-electron chi connectivity index (χ3n) is 3.21. The molecule has 3 aromatic rings. The fourth-order valence-corrected chi connectivity index (χ4v) is 2.14. The highest BCUT2D eigenvalue weighted by Crippen LogP contribution is 2.18. The number of anilines is 2. The second kappa shape index (κ2) is 5.68. The van der Waals surface area contributed by atoms with Crippen LogP contribution >= 0.6 is 0 Å². The van der Waals surface area contributed by atoms with Gasteiger partial charge in [0.05, 0.1) is 11.6 Å². The first-order valence-corrected chi connectivity index (χ1v) is 6.65. The summed E-state index contributed by atoms with van der Waals surface area (Å²) < 4.78 is 1.70. The number of carbonyl (C=O) groups is 1. The van der Waals surface area contributed by atoms with Crippen LogP contribution in [0.2, 0.25) is 0 Å². The van der Waals surface area contributed by atoms with Crippen LogP contribution < -0.4 is 16.4 Å². The van der Waals surface area contributed by atoms with E-state index >= 15 is 0 Å². The van der Waals surface area contributed by atoms with Crippen LogP contribution in [0.5, 0.6) is 0 Å². The van der Waals surface area contributed by atoms with Gasteiger partial charge in [-0.1, -0.05) is 12.1 Å². The predicted molar refractivity (Wildman–Crippen MR) is 83.3 cm³/mol. The van der Waals surface area contributed by atoms with Crippen LogP contribution in [-0.2, 0) is 13.6 Å². The number of benzene rings is 1. The summed E-state index contributed by atoms with van der Waals surface area (Å²) in [5.74, 6) is 0.734. The first kappa shape index (κ1) is 13.8. The van der Waals surface area contributed by atoms with Gasteiger partial charge in [-0.05, 0) is 17.7 Å². The van der Waals surface area contributed by atoms with Crippen molar-refractivity contribution in [3.63, 3.8) is 0 Å². The number of nitrogens with two attached hydrogens (primary N) is 1. The number of aromatic nitrogens is 4. The van der Waals surface area contributed by atoms with Crippen molar-refractivity contribution in [2.24, 2.45) is 12.8 Å². The zero-order valence-corrected chi connectivity index (χ0v) is 11.9. The van der Waals surface area contributed by atoms with E-state index in [9.17, 15) is 4.79 Å². The molecule has 0 aliphatic heterocycles. The lowest BCUT2D eigenvalue weighted by Gasteiger charge is -2.07. The topological polar surface area (TPSA) is 111 Å². The molecule has 0 spiro atoms. The number of nitrogens with zero attached hydrogens (tertiary/aromatic N) is 4. The van der Waals surface area contributed by atoms with Gasteiger partial charge in [-0.25, -0.2) is 14.8 Å². The molecule has 112 valence electrons. The lowest BCUT2D eigenvalue weighted by Crippen LogP contribution is -2.19. The van der Waals surface area contributed by atoms with E-state index in [1.54, 1.807) is 23.0 Å². The van der Waals surface area contributed by atoms with Crippen LogP contribution in [0.15, 0.2) is 36.8 Å². The number of amides is 2. The Bertz CT molecular complexity index is 810. The number of hydrogen-bond acceptors (Lipinski definition) is 5. The summed E-state index contributed by atoms with van der Waals surface area (Å²) in [5.41, 5.74) is 7.55. The van der Waals surface area contributed by atoms with Crippen LogP contribution in [0, 0.1) is 0 Å². The van der Waals surface area contributed by atoms with Gasteiger partial charge in [0.1, 0.15) is 12.1 Å². The van der Waals surface area contributed by atoms with Crippen molar-refractivity contribution in [3.8, 4) is 0 Å². The molecule has 2 aromatic heterocycles. The van der Waals surface area contributed by atoms with E-state index in [1.165, 1.54) is 6.33 Å². The maximum absolute atomic E-state index is 10.8. The van der Waals surface area contributed by atoms with Crippen LogP contribution in [0.4, 0.5) is 16.3 Å². The summed E-state index contributed by atoms with van der Waals surface area (Å²) in [6.07, 6.45) is 3.24. The Balaban J connectivity index is 1.72. The number of urea groups is 1. The molecule has 0 bridgehead atoms. The highest BCUT2D eigenvalue weighted by atomic mass is 16.2. The third-order valence-corrected chi connectivity index (χ3v) is 3.21. The molecule has 0 radical (unpaired) electrons. The van der Waals surface area contributed by atoms with Crippen molar-refractivity contribution >= 4 is 28.6 Å². The molecule has 0 saturated carbocycles. The summed E-state index contributed by atoms with van der Waals surface area (Å²) in [5, 5.41) is 10.8. The standard InChI is InChI=1S/C14H15N7O/c1-21-13-11(7-19-21)12(17-8-18-13)16-6-9-2-4-10(5-3-9)20-14(15)22/h2-5,7-8H,6H2,1H3,(H3,15,20,22)(H,16,17,18). The van der Waals surface area contributed by atoms with Gasteiger partial charge in [0.25, 0.3) is 0 Å². The van der Waals surface area contributed by atoms with Crippen molar-refractivity contribution in [1.82, 2.24) is 19.7 Å². The molecular formula is C14H15N7O. The molecule has 3 rings (SSSR count). The van der Waals surface area contributed by atoms with Crippen molar-refractivity contribution in [3.05, 3.63) is 42.4 Å². The Morgan fingerprint density at radius 2 is 2.05 bits per heavy atom. The molecule has 1 aromatic carbocycles. The minimum Gasteiger partial charge on any atom is -0.365 e. The van der Waals surface area contributed by atoms with E-state index in [4.69, 9.17) is 5.73 Å². The number of primary amides is 1. The highest BCUT2D eigenvalue weighted by molar-refractivity contribution is 5.88. The maximum Gasteiger partial charge on any atom is 0.316 e. The van der Waals surface area contributed by atoms with Gasteiger partial charge in [-0.3, -0.25) is 4.68 Å². The van der Waals surface area contributed by atoms with Crippen molar-refractivity contribution in [2.45, 2.75) is 6.54 Å². The Hall–Kier alpha value is -3.16. The average molecular weight is 297 g/mol. The molecule has 22 heavy (non-hydrogen) atoms. The van der Waals surface area contributed by atoms with Crippen LogP contribution in [-0.4, -0.2) is 25.8 Å². The van der Waals surface area contributed by atoms with E-state index < -0.39 is 6.03 Å². The monoisotopic (exact) mass is 297 g/mol. The molecule has 0 unspecified atom stereocenters. The van der Waals surface area contributed by atoms with Gasteiger partial charge in [-0.15, -0.1) is 0 Å². The summed E-state index contributed by atoms with van der Waals surface area (Å²) >= 11 is 0. The van der Waals surface area contributed by atoms with E-state index in [0.29, 0.717) is 12.2 Å². The molecule has 0 aliphatic carbocycles. The van der Waals surface area contributed by atoms with E-state index in [0.717, 1.165) is 22.4 Å². The number of hydrogen-bond donors (Lipinski definition) is 3. The molecular weight excluding hydrogens is 282 g/mol. The van der Waals surface area contributed by atoms with E-state index in [2.05, 4.69) is 25.7 Å². The first-order valence-electron chi connectivity index (χ1n) is 6.65. The molecule has 0 fully saturated rings. The normalized spacial score (nSPS) is 10.6. The van der Waals surface area contributed by atoms with Gasteiger partial charge < -0.3 is 16.4 Å². The number of rotatable bonds is 4. The number of carbonyl (C=O) groups excluding carboxylic acids is 1. The van der Waals surface area contributed by atoms with Gasteiger partial charge in [0.15, 0.2) is 5.65 Å². The van der Waals surface area contributed by atoms with Gasteiger partial charge in [0, 0.05) is 19.3 Å². The Kier molecular flexibility index (Phi) is 3.57. The fraction of sp³-hybridized carbons (Fsp3) is 0.143. The first-order chi connectivity index (χ1) is 10.6. The predicted octanol–water partition coefficient (Wildman–Crippen LogP) is 1.47. The zero-order valence-electron chi connectivity index (χ0n) is 11.9.